The first-order valence-electron chi connectivity index (χ1n) is 9.84. The normalized spacial score (nSPS) is 19.5. The van der Waals surface area contributed by atoms with Gasteiger partial charge in [0.2, 0.25) is 5.91 Å². The van der Waals surface area contributed by atoms with Gasteiger partial charge in [-0.3, -0.25) is 14.5 Å². The minimum Gasteiger partial charge on any atom is -0.354 e. The Hall–Kier alpha value is -1.88. The number of nitrogens with one attached hydrogen (secondary N) is 1. The summed E-state index contributed by atoms with van der Waals surface area (Å²) in [5.41, 5.74) is 0.735. The van der Waals surface area contributed by atoms with E-state index in [1.807, 2.05) is 35.2 Å². The molecule has 0 spiro atoms. The number of carbonyl (C=O) groups excluding carboxylic acids is 2. The lowest BCUT2D eigenvalue weighted by atomic mass is 9.94. The largest absolute Gasteiger partial charge is 0.354 e. The molecule has 1 N–H and O–H groups in total. The van der Waals surface area contributed by atoms with Gasteiger partial charge < -0.3 is 10.2 Å². The quantitative estimate of drug-likeness (QED) is 0.881. The average molecular weight is 357 g/mol. The summed E-state index contributed by atoms with van der Waals surface area (Å²) in [4.78, 5) is 29.4. The van der Waals surface area contributed by atoms with Crippen LogP contribution in [0.15, 0.2) is 30.3 Å². The summed E-state index contributed by atoms with van der Waals surface area (Å²) in [6, 6.07) is 9.38. The molecule has 0 atom stereocenters. The van der Waals surface area contributed by atoms with Gasteiger partial charge in [-0.25, -0.2) is 0 Å². The number of amides is 2. The van der Waals surface area contributed by atoms with Gasteiger partial charge in [0, 0.05) is 36.7 Å². The molecule has 0 bridgehead atoms. The Morgan fingerprint density at radius 3 is 2.27 bits per heavy atom. The van der Waals surface area contributed by atoms with E-state index in [4.69, 9.17) is 0 Å². The molecular weight excluding hydrogens is 326 g/mol. The van der Waals surface area contributed by atoms with Gasteiger partial charge in [-0.2, -0.15) is 0 Å². The molecule has 2 fully saturated rings. The van der Waals surface area contributed by atoms with Crippen molar-refractivity contribution in [1.29, 1.82) is 0 Å². The standard InChI is InChI=1S/C21H31N3O2/c1-21(2,24-12-6-7-13-24)16-22-19(25)17-10-14-23(15-11-17)20(26)18-8-4-3-5-9-18/h3-5,8-9,17H,6-7,10-16H2,1-2H3,(H,22,25). The van der Waals surface area contributed by atoms with Crippen LogP contribution in [0.4, 0.5) is 0 Å². The highest BCUT2D eigenvalue weighted by Gasteiger charge is 2.32. The van der Waals surface area contributed by atoms with Crippen molar-refractivity contribution < 1.29 is 9.59 Å². The average Bonchev–Trinajstić information content (AvgIpc) is 3.22. The Morgan fingerprint density at radius 2 is 1.65 bits per heavy atom. The number of rotatable bonds is 5. The van der Waals surface area contributed by atoms with E-state index in [1.165, 1.54) is 12.8 Å². The highest BCUT2D eigenvalue weighted by atomic mass is 16.2. The van der Waals surface area contributed by atoms with Crippen LogP contribution in [0, 0.1) is 5.92 Å². The fraction of sp³-hybridized carbons (Fsp3) is 0.619. The van der Waals surface area contributed by atoms with Crippen LogP contribution in [0.1, 0.15) is 49.9 Å². The molecule has 0 unspecified atom stereocenters. The number of hydrogen-bond donors (Lipinski definition) is 1. The Morgan fingerprint density at radius 1 is 1.04 bits per heavy atom. The van der Waals surface area contributed by atoms with Gasteiger partial charge in [-0.15, -0.1) is 0 Å². The van der Waals surface area contributed by atoms with E-state index in [0.29, 0.717) is 19.6 Å². The molecule has 142 valence electrons. The van der Waals surface area contributed by atoms with Crippen molar-refractivity contribution in [2.75, 3.05) is 32.7 Å². The summed E-state index contributed by atoms with van der Waals surface area (Å²) >= 11 is 0. The van der Waals surface area contributed by atoms with Gasteiger partial charge in [0.15, 0.2) is 0 Å². The molecule has 2 aliphatic heterocycles. The van der Waals surface area contributed by atoms with Crippen molar-refractivity contribution >= 4 is 11.8 Å². The van der Waals surface area contributed by atoms with Crippen LogP contribution in [0.25, 0.3) is 0 Å². The van der Waals surface area contributed by atoms with E-state index in [2.05, 4.69) is 24.1 Å². The van der Waals surface area contributed by atoms with Gasteiger partial charge in [0.05, 0.1) is 0 Å². The van der Waals surface area contributed by atoms with Gasteiger partial charge in [0.1, 0.15) is 0 Å². The Labute approximate surface area is 156 Å². The summed E-state index contributed by atoms with van der Waals surface area (Å²) in [7, 11) is 0. The first-order valence-corrected chi connectivity index (χ1v) is 9.84. The molecule has 2 aliphatic rings. The van der Waals surface area contributed by atoms with Crippen molar-refractivity contribution in [3.05, 3.63) is 35.9 Å². The van der Waals surface area contributed by atoms with Crippen LogP contribution in [0.3, 0.4) is 0 Å². The lowest BCUT2D eigenvalue weighted by molar-refractivity contribution is -0.126. The molecule has 2 heterocycles. The zero-order valence-corrected chi connectivity index (χ0v) is 16.0. The van der Waals surface area contributed by atoms with Gasteiger partial charge in [-0.1, -0.05) is 18.2 Å². The number of piperidine rings is 1. The highest BCUT2D eigenvalue weighted by Crippen LogP contribution is 2.22. The number of benzene rings is 1. The lowest BCUT2D eigenvalue weighted by Crippen LogP contribution is -2.52. The van der Waals surface area contributed by atoms with E-state index >= 15 is 0 Å². The van der Waals surface area contributed by atoms with Crippen LogP contribution in [0.5, 0.6) is 0 Å². The maximum absolute atomic E-state index is 12.6. The molecular formula is C21H31N3O2. The topological polar surface area (TPSA) is 52.7 Å². The van der Waals surface area contributed by atoms with Crippen LogP contribution in [-0.4, -0.2) is 59.9 Å². The van der Waals surface area contributed by atoms with Crippen molar-refractivity contribution in [3.8, 4) is 0 Å². The van der Waals surface area contributed by atoms with E-state index < -0.39 is 0 Å². The lowest BCUT2D eigenvalue weighted by Gasteiger charge is -2.36. The zero-order chi connectivity index (χ0) is 18.6. The monoisotopic (exact) mass is 357 g/mol. The van der Waals surface area contributed by atoms with Crippen molar-refractivity contribution in [3.63, 3.8) is 0 Å². The summed E-state index contributed by atoms with van der Waals surface area (Å²) < 4.78 is 0. The third-order valence-corrected chi connectivity index (χ3v) is 5.83. The second-order valence-corrected chi connectivity index (χ2v) is 8.16. The van der Waals surface area contributed by atoms with E-state index in [-0.39, 0.29) is 23.3 Å². The second-order valence-electron chi connectivity index (χ2n) is 8.16. The number of likely N-dealkylation sites (tertiary alicyclic amines) is 2. The minimum absolute atomic E-state index is 0.0101. The van der Waals surface area contributed by atoms with Gasteiger partial charge in [-0.05, 0) is 64.8 Å². The first-order chi connectivity index (χ1) is 12.5. The fourth-order valence-corrected chi connectivity index (χ4v) is 3.99. The van der Waals surface area contributed by atoms with Gasteiger partial charge >= 0.3 is 0 Å². The van der Waals surface area contributed by atoms with Crippen LogP contribution < -0.4 is 5.32 Å². The zero-order valence-electron chi connectivity index (χ0n) is 16.0. The molecule has 0 aromatic heterocycles. The predicted octanol–water partition coefficient (Wildman–Crippen LogP) is 2.53. The third-order valence-electron chi connectivity index (χ3n) is 5.83. The maximum atomic E-state index is 12.6. The molecule has 1 aromatic rings. The summed E-state index contributed by atoms with van der Waals surface area (Å²) in [5, 5.41) is 3.16. The molecule has 5 nitrogen and oxygen atoms in total. The second kappa shape index (κ2) is 8.21. The smallest absolute Gasteiger partial charge is 0.253 e. The minimum atomic E-state index is 0.0101. The van der Waals surface area contributed by atoms with Crippen molar-refractivity contribution in [1.82, 2.24) is 15.1 Å². The maximum Gasteiger partial charge on any atom is 0.253 e. The van der Waals surface area contributed by atoms with Crippen molar-refractivity contribution in [2.24, 2.45) is 5.92 Å². The molecule has 0 aliphatic carbocycles. The SMILES string of the molecule is CC(C)(CNC(=O)C1CCN(C(=O)c2ccccc2)CC1)N1CCCC1. The first kappa shape index (κ1) is 18.9. The number of nitrogens with zero attached hydrogens (tertiary/aromatic N) is 2. The van der Waals surface area contributed by atoms with Crippen LogP contribution >= 0.6 is 0 Å². The van der Waals surface area contributed by atoms with Gasteiger partial charge in [0.25, 0.3) is 5.91 Å². The third kappa shape index (κ3) is 4.44. The summed E-state index contributed by atoms with van der Waals surface area (Å²) in [6.45, 7) is 8.67. The fourth-order valence-electron chi connectivity index (χ4n) is 3.99. The molecule has 1 aromatic carbocycles. The van der Waals surface area contributed by atoms with Crippen LogP contribution in [0.2, 0.25) is 0 Å². The van der Waals surface area contributed by atoms with E-state index in [9.17, 15) is 9.59 Å². The molecule has 5 heteroatoms. The highest BCUT2D eigenvalue weighted by molar-refractivity contribution is 5.94. The Kier molecular flexibility index (Phi) is 5.97. The molecule has 0 radical (unpaired) electrons. The van der Waals surface area contributed by atoms with Crippen LogP contribution in [-0.2, 0) is 4.79 Å². The molecule has 2 amide bonds. The molecule has 3 rings (SSSR count). The Balaban J connectivity index is 1.45. The molecule has 0 saturated carbocycles. The predicted molar refractivity (Wildman–Crippen MR) is 103 cm³/mol. The van der Waals surface area contributed by atoms with E-state index in [1.54, 1.807) is 0 Å². The Bertz CT molecular complexity index is 615. The van der Waals surface area contributed by atoms with E-state index in [0.717, 1.165) is 31.5 Å². The number of carbonyl (C=O) groups is 2. The summed E-state index contributed by atoms with van der Waals surface area (Å²) in [6.07, 6.45) is 4.00. The van der Waals surface area contributed by atoms with Crippen molar-refractivity contribution in [2.45, 2.75) is 45.1 Å². The summed E-state index contributed by atoms with van der Waals surface area (Å²) in [5.74, 6) is 0.230. The molecule has 26 heavy (non-hydrogen) atoms. The number of hydrogen-bond acceptors (Lipinski definition) is 3. The molecule has 2 saturated heterocycles.